The van der Waals surface area contributed by atoms with Crippen molar-refractivity contribution >= 4 is 17.5 Å². The van der Waals surface area contributed by atoms with E-state index in [4.69, 9.17) is 4.74 Å². The molecular weight excluding hydrogens is 328 g/mol. The van der Waals surface area contributed by atoms with Gasteiger partial charge in [-0.1, -0.05) is 31.2 Å². The van der Waals surface area contributed by atoms with Gasteiger partial charge in [-0.15, -0.1) is 0 Å². The van der Waals surface area contributed by atoms with Gasteiger partial charge in [-0.25, -0.2) is 0 Å². The zero-order valence-electron chi connectivity index (χ0n) is 15.2. The second-order valence-corrected chi connectivity index (χ2v) is 7.37. The molecule has 0 amide bonds. The van der Waals surface area contributed by atoms with E-state index in [1.54, 1.807) is 6.07 Å². The van der Waals surface area contributed by atoms with Gasteiger partial charge in [-0.3, -0.25) is 10.1 Å². The molecule has 26 heavy (non-hydrogen) atoms. The minimum Gasteiger partial charge on any atom is -0.463 e. The third kappa shape index (κ3) is 2.03. The summed E-state index contributed by atoms with van der Waals surface area (Å²) < 4.78 is 6.57. The summed E-state index contributed by atoms with van der Waals surface area (Å²) >= 11 is 0. The number of ether oxygens (including phenoxy) is 1. The second kappa shape index (κ2) is 5.59. The fourth-order valence-electron chi connectivity index (χ4n) is 4.28. The molecule has 2 aliphatic rings. The summed E-state index contributed by atoms with van der Waals surface area (Å²) in [5, 5.41) is 11.4. The Balaban J connectivity index is 1.90. The van der Waals surface area contributed by atoms with Gasteiger partial charge in [0.25, 0.3) is 5.69 Å². The van der Waals surface area contributed by atoms with Gasteiger partial charge in [0.1, 0.15) is 5.75 Å². The lowest BCUT2D eigenvalue weighted by Crippen LogP contribution is -2.59. The molecule has 2 aliphatic heterocycles. The van der Waals surface area contributed by atoms with Crippen LogP contribution in [0.15, 0.2) is 48.5 Å². The Kier molecular flexibility index (Phi) is 3.58. The molecule has 0 saturated heterocycles. The molecule has 5 heteroatoms. The van der Waals surface area contributed by atoms with E-state index in [2.05, 4.69) is 43.9 Å². The zero-order valence-corrected chi connectivity index (χ0v) is 15.2. The average Bonchev–Trinajstić information content (AvgIpc) is 2.80. The Morgan fingerprint density at radius 3 is 2.65 bits per heavy atom. The van der Waals surface area contributed by atoms with Crippen LogP contribution >= 0.6 is 0 Å². The Hall–Kier alpha value is -2.82. The van der Waals surface area contributed by atoms with E-state index in [9.17, 15) is 10.1 Å². The Morgan fingerprint density at radius 1 is 1.15 bits per heavy atom. The number of para-hydroxylation sites is 1. The summed E-state index contributed by atoms with van der Waals surface area (Å²) in [6, 6.07) is 13.4. The molecule has 0 radical (unpaired) electrons. The number of nitro benzene ring substituents is 1. The number of fused-ring (bicyclic) bond motifs is 2. The first-order valence-corrected chi connectivity index (χ1v) is 8.95. The molecule has 0 N–H and O–H groups in total. The first-order valence-electron chi connectivity index (χ1n) is 8.95. The van der Waals surface area contributed by atoms with Crippen molar-refractivity contribution in [3.63, 3.8) is 0 Å². The van der Waals surface area contributed by atoms with Crippen LogP contribution in [0.5, 0.6) is 5.75 Å². The van der Waals surface area contributed by atoms with Crippen LogP contribution in [0.2, 0.25) is 0 Å². The van der Waals surface area contributed by atoms with Crippen molar-refractivity contribution in [3.8, 4) is 5.75 Å². The maximum atomic E-state index is 11.4. The molecule has 1 spiro atoms. The van der Waals surface area contributed by atoms with Crippen molar-refractivity contribution in [2.24, 2.45) is 0 Å². The number of hydrogen-bond donors (Lipinski definition) is 0. The quantitative estimate of drug-likeness (QED) is 0.583. The summed E-state index contributed by atoms with van der Waals surface area (Å²) in [7, 11) is 0. The van der Waals surface area contributed by atoms with E-state index in [0.29, 0.717) is 11.3 Å². The predicted molar refractivity (Wildman–Crippen MR) is 103 cm³/mol. The molecule has 4 rings (SSSR count). The van der Waals surface area contributed by atoms with Crippen molar-refractivity contribution < 1.29 is 9.66 Å². The maximum Gasteiger partial charge on any atom is 0.280 e. The van der Waals surface area contributed by atoms with Crippen LogP contribution in [0.1, 0.15) is 38.3 Å². The number of anilines is 1. The van der Waals surface area contributed by atoms with Gasteiger partial charge in [0, 0.05) is 18.3 Å². The average molecular weight is 350 g/mol. The van der Waals surface area contributed by atoms with E-state index >= 15 is 0 Å². The fourth-order valence-corrected chi connectivity index (χ4v) is 4.28. The van der Waals surface area contributed by atoms with Crippen LogP contribution < -0.4 is 9.64 Å². The fraction of sp³-hybridized carbons (Fsp3) is 0.333. The van der Waals surface area contributed by atoms with E-state index in [1.807, 2.05) is 24.3 Å². The van der Waals surface area contributed by atoms with Gasteiger partial charge in [0.15, 0.2) is 0 Å². The van der Waals surface area contributed by atoms with Gasteiger partial charge >= 0.3 is 0 Å². The lowest BCUT2D eigenvalue weighted by molar-refractivity contribution is -0.385. The highest BCUT2D eigenvalue weighted by atomic mass is 16.6. The lowest BCUT2D eigenvalue weighted by Gasteiger charge is -2.47. The number of nitrogens with zero attached hydrogens (tertiary/aromatic N) is 2. The highest BCUT2D eigenvalue weighted by Crippen LogP contribution is 2.55. The molecule has 2 aromatic carbocycles. The van der Waals surface area contributed by atoms with Gasteiger partial charge in [-0.2, -0.15) is 0 Å². The molecule has 1 unspecified atom stereocenters. The normalized spacial score (nSPS) is 22.0. The summed E-state index contributed by atoms with van der Waals surface area (Å²) in [4.78, 5) is 13.3. The molecular formula is C21H22N2O3. The summed E-state index contributed by atoms with van der Waals surface area (Å²) in [5.41, 5.74) is 1.99. The Labute approximate surface area is 153 Å². The minimum atomic E-state index is -0.699. The van der Waals surface area contributed by atoms with E-state index in [1.165, 1.54) is 11.6 Å². The number of benzene rings is 2. The highest BCUT2D eigenvalue weighted by Gasteiger charge is 2.58. The number of hydrogen-bond acceptors (Lipinski definition) is 4. The standard InChI is InChI=1S/C21H22N2O3/c1-4-14-22-18-9-6-5-8-16(18)20(2,3)21(22)13-12-15-17(23(24)25)10-7-11-19(15)26-21/h5-13H,4,14H2,1-3H3. The number of nitro groups is 1. The highest BCUT2D eigenvalue weighted by molar-refractivity contribution is 5.75. The SMILES string of the molecule is CCCN1c2ccccc2C(C)(C)C12C=Cc1c(cccc1[N+](=O)[O-])O2. The van der Waals surface area contributed by atoms with Crippen LogP contribution in [0.3, 0.4) is 0 Å². The predicted octanol–water partition coefficient (Wildman–Crippen LogP) is 4.90. The first kappa shape index (κ1) is 16.6. The lowest BCUT2D eigenvalue weighted by atomic mass is 9.76. The molecule has 0 bridgehead atoms. The van der Waals surface area contributed by atoms with Crippen molar-refractivity contribution in [2.45, 2.75) is 38.3 Å². The summed E-state index contributed by atoms with van der Waals surface area (Å²) in [6.07, 6.45) is 4.83. The maximum absolute atomic E-state index is 11.4. The molecule has 134 valence electrons. The largest absolute Gasteiger partial charge is 0.463 e. The van der Waals surface area contributed by atoms with Crippen LogP contribution in [0.25, 0.3) is 6.08 Å². The molecule has 0 aromatic heterocycles. The third-order valence-corrected chi connectivity index (χ3v) is 5.59. The Morgan fingerprint density at radius 2 is 1.92 bits per heavy atom. The Bertz CT molecular complexity index is 919. The van der Waals surface area contributed by atoms with E-state index < -0.39 is 5.72 Å². The van der Waals surface area contributed by atoms with Crippen molar-refractivity contribution in [3.05, 3.63) is 69.8 Å². The summed E-state index contributed by atoms with van der Waals surface area (Å²) in [6.45, 7) is 7.34. The van der Waals surface area contributed by atoms with Crippen molar-refractivity contribution in [2.75, 3.05) is 11.4 Å². The smallest absolute Gasteiger partial charge is 0.280 e. The molecule has 0 fully saturated rings. The molecule has 0 aliphatic carbocycles. The van der Waals surface area contributed by atoms with Gasteiger partial charge in [0.2, 0.25) is 5.72 Å². The van der Waals surface area contributed by atoms with Crippen molar-refractivity contribution in [1.82, 2.24) is 0 Å². The second-order valence-electron chi connectivity index (χ2n) is 7.37. The van der Waals surface area contributed by atoms with Crippen molar-refractivity contribution in [1.29, 1.82) is 0 Å². The van der Waals surface area contributed by atoms with Gasteiger partial charge in [0.05, 0.1) is 15.9 Å². The summed E-state index contributed by atoms with van der Waals surface area (Å²) in [5.74, 6) is 0.559. The molecule has 5 nitrogen and oxygen atoms in total. The van der Waals surface area contributed by atoms with Crippen LogP contribution in [0, 0.1) is 10.1 Å². The van der Waals surface area contributed by atoms with Gasteiger partial charge < -0.3 is 9.64 Å². The number of rotatable bonds is 3. The molecule has 2 heterocycles. The molecule has 1 atom stereocenters. The zero-order chi connectivity index (χ0) is 18.5. The van der Waals surface area contributed by atoms with Gasteiger partial charge in [-0.05, 0) is 50.1 Å². The molecule has 2 aromatic rings. The van der Waals surface area contributed by atoms with E-state index in [-0.39, 0.29) is 16.0 Å². The van der Waals surface area contributed by atoms with Crippen LogP contribution in [-0.2, 0) is 5.41 Å². The topological polar surface area (TPSA) is 55.6 Å². The van der Waals surface area contributed by atoms with Crippen LogP contribution in [-0.4, -0.2) is 17.2 Å². The van der Waals surface area contributed by atoms with E-state index in [0.717, 1.165) is 18.7 Å². The molecule has 0 saturated carbocycles. The minimum absolute atomic E-state index is 0.0731. The third-order valence-electron chi connectivity index (χ3n) is 5.59. The first-order chi connectivity index (χ1) is 12.4. The monoisotopic (exact) mass is 350 g/mol. The van der Waals surface area contributed by atoms with Crippen LogP contribution in [0.4, 0.5) is 11.4 Å².